The molecule has 0 spiro atoms. The Labute approximate surface area is 180 Å². The number of aryl methyl sites for hydroxylation is 2. The maximum absolute atomic E-state index is 13.0. The van der Waals surface area contributed by atoms with E-state index in [1.807, 2.05) is 24.2 Å². The zero-order valence-corrected chi connectivity index (χ0v) is 17.8. The first-order valence-electron chi connectivity index (χ1n) is 10.7. The number of pyridine rings is 1. The number of nitrogens with zero attached hydrogens (tertiary/aromatic N) is 4. The van der Waals surface area contributed by atoms with Gasteiger partial charge in [0, 0.05) is 53.6 Å². The first kappa shape index (κ1) is 19.5. The summed E-state index contributed by atoms with van der Waals surface area (Å²) in [6.07, 6.45) is 5.90. The van der Waals surface area contributed by atoms with E-state index >= 15 is 0 Å². The minimum atomic E-state index is 0.0706. The summed E-state index contributed by atoms with van der Waals surface area (Å²) in [5.41, 5.74) is 7.24. The largest absolute Gasteiger partial charge is 0.357 e. The molecule has 1 N–H and O–H groups in total. The number of benzene rings is 1. The predicted octanol–water partition coefficient (Wildman–Crippen LogP) is 4.18. The van der Waals surface area contributed by atoms with Crippen molar-refractivity contribution in [3.63, 3.8) is 0 Å². The van der Waals surface area contributed by atoms with Crippen LogP contribution in [0, 0.1) is 13.8 Å². The van der Waals surface area contributed by atoms with Crippen molar-refractivity contribution in [3.05, 3.63) is 65.4 Å². The number of fused-ring (bicyclic) bond motifs is 1. The standard InChI is InChI=1S/C24H25N5O2/c1-15-5-3-7-19-22(17-8-10-25-11-9-17)24(26-23(15)19)18-6-4-12-29(14-18)21(30)13-20-16(2)27-31-28-20/h3,5,7-11,18,26H,4,6,12-14H2,1-2H3/t18-/m1/s1. The van der Waals surface area contributed by atoms with Crippen LogP contribution in [0.2, 0.25) is 0 Å². The summed E-state index contributed by atoms with van der Waals surface area (Å²) >= 11 is 0. The average Bonchev–Trinajstić information content (AvgIpc) is 3.39. The van der Waals surface area contributed by atoms with Crippen molar-refractivity contribution in [3.8, 4) is 11.1 Å². The third-order valence-electron chi connectivity index (χ3n) is 6.29. The van der Waals surface area contributed by atoms with E-state index < -0.39 is 0 Å². The van der Waals surface area contributed by atoms with Gasteiger partial charge in [0.1, 0.15) is 11.4 Å². The van der Waals surface area contributed by atoms with E-state index in [-0.39, 0.29) is 18.2 Å². The fourth-order valence-electron chi connectivity index (χ4n) is 4.62. The molecule has 1 amide bonds. The van der Waals surface area contributed by atoms with Gasteiger partial charge in [0.2, 0.25) is 5.91 Å². The molecule has 3 aromatic heterocycles. The molecule has 1 aliphatic heterocycles. The highest BCUT2D eigenvalue weighted by Gasteiger charge is 2.29. The molecule has 0 aliphatic carbocycles. The van der Waals surface area contributed by atoms with Gasteiger partial charge in [0.05, 0.1) is 6.42 Å². The molecular formula is C24H25N5O2. The zero-order valence-electron chi connectivity index (χ0n) is 17.8. The highest BCUT2D eigenvalue weighted by atomic mass is 16.6. The molecule has 4 aromatic rings. The van der Waals surface area contributed by atoms with Gasteiger partial charge in [-0.25, -0.2) is 4.63 Å². The van der Waals surface area contributed by atoms with Crippen LogP contribution in [-0.2, 0) is 11.2 Å². The van der Waals surface area contributed by atoms with Gasteiger partial charge in [-0.3, -0.25) is 9.78 Å². The molecule has 5 rings (SSSR count). The Kier molecular flexibility index (Phi) is 5.02. The van der Waals surface area contributed by atoms with Crippen molar-refractivity contribution in [1.82, 2.24) is 25.2 Å². The summed E-state index contributed by atoms with van der Waals surface area (Å²) in [7, 11) is 0. The molecule has 7 heteroatoms. The Morgan fingerprint density at radius 3 is 2.81 bits per heavy atom. The number of para-hydroxylation sites is 1. The molecule has 1 aromatic carbocycles. The number of H-pyrrole nitrogens is 1. The maximum Gasteiger partial charge on any atom is 0.228 e. The number of rotatable bonds is 4. The van der Waals surface area contributed by atoms with E-state index in [1.54, 1.807) is 0 Å². The fraction of sp³-hybridized carbons (Fsp3) is 0.333. The Morgan fingerprint density at radius 2 is 2.03 bits per heavy atom. The van der Waals surface area contributed by atoms with Gasteiger partial charge in [-0.2, -0.15) is 0 Å². The number of carbonyl (C=O) groups excluding carboxylic acids is 1. The molecule has 0 bridgehead atoms. The third kappa shape index (κ3) is 3.60. The van der Waals surface area contributed by atoms with E-state index in [0.29, 0.717) is 17.9 Å². The van der Waals surface area contributed by atoms with Gasteiger partial charge in [0.25, 0.3) is 0 Å². The van der Waals surface area contributed by atoms with Crippen molar-refractivity contribution in [1.29, 1.82) is 0 Å². The smallest absolute Gasteiger partial charge is 0.228 e. The lowest BCUT2D eigenvalue weighted by atomic mass is 9.89. The van der Waals surface area contributed by atoms with Crippen molar-refractivity contribution < 1.29 is 9.42 Å². The van der Waals surface area contributed by atoms with E-state index in [0.717, 1.165) is 30.5 Å². The number of carbonyl (C=O) groups is 1. The van der Waals surface area contributed by atoms with Crippen LogP contribution in [0.4, 0.5) is 0 Å². The van der Waals surface area contributed by atoms with Gasteiger partial charge < -0.3 is 9.88 Å². The second kappa shape index (κ2) is 7.98. The molecule has 7 nitrogen and oxygen atoms in total. The maximum atomic E-state index is 13.0. The summed E-state index contributed by atoms with van der Waals surface area (Å²) in [5, 5.41) is 8.88. The average molecular weight is 415 g/mol. The first-order valence-corrected chi connectivity index (χ1v) is 10.7. The molecule has 31 heavy (non-hydrogen) atoms. The van der Waals surface area contributed by atoms with Gasteiger partial charge >= 0.3 is 0 Å². The molecular weight excluding hydrogens is 390 g/mol. The summed E-state index contributed by atoms with van der Waals surface area (Å²) in [5.74, 6) is 0.311. The third-order valence-corrected chi connectivity index (χ3v) is 6.29. The molecule has 0 unspecified atom stereocenters. The van der Waals surface area contributed by atoms with Gasteiger partial charge in [-0.1, -0.05) is 28.5 Å². The molecule has 1 aliphatic rings. The van der Waals surface area contributed by atoms with Crippen molar-refractivity contribution >= 4 is 16.8 Å². The van der Waals surface area contributed by atoms with E-state index in [1.165, 1.54) is 22.2 Å². The number of hydrogen-bond donors (Lipinski definition) is 1. The van der Waals surface area contributed by atoms with Gasteiger partial charge in [-0.05, 0) is 49.9 Å². The van der Waals surface area contributed by atoms with Crippen LogP contribution in [-0.4, -0.2) is 44.2 Å². The van der Waals surface area contributed by atoms with Gasteiger partial charge in [-0.15, -0.1) is 0 Å². The number of aromatic amines is 1. The van der Waals surface area contributed by atoms with Crippen LogP contribution < -0.4 is 0 Å². The normalized spacial score (nSPS) is 16.7. The Hall–Kier alpha value is -3.48. The lowest BCUT2D eigenvalue weighted by Gasteiger charge is -2.33. The minimum absolute atomic E-state index is 0.0706. The number of nitrogens with one attached hydrogen (secondary N) is 1. The molecule has 158 valence electrons. The van der Waals surface area contributed by atoms with Crippen LogP contribution in [0.15, 0.2) is 47.4 Å². The van der Waals surface area contributed by atoms with E-state index in [9.17, 15) is 4.79 Å². The lowest BCUT2D eigenvalue weighted by Crippen LogP contribution is -2.40. The monoisotopic (exact) mass is 415 g/mol. The summed E-state index contributed by atoms with van der Waals surface area (Å²) < 4.78 is 4.75. The molecule has 1 fully saturated rings. The molecule has 0 saturated carbocycles. The Balaban J connectivity index is 1.49. The van der Waals surface area contributed by atoms with E-state index in [4.69, 9.17) is 4.63 Å². The number of aromatic nitrogens is 4. The van der Waals surface area contributed by atoms with Crippen LogP contribution >= 0.6 is 0 Å². The quantitative estimate of drug-likeness (QED) is 0.540. The molecule has 1 saturated heterocycles. The highest BCUT2D eigenvalue weighted by Crippen LogP contribution is 2.40. The number of amides is 1. The first-order chi connectivity index (χ1) is 15.1. The van der Waals surface area contributed by atoms with Crippen LogP contribution in [0.1, 0.15) is 41.4 Å². The summed E-state index contributed by atoms with van der Waals surface area (Å²) in [6, 6.07) is 10.5. The van der Waals surface area contributed by atoms with Gasteiger partial charge in [0.15, 0.2) is 0 Å². The van der Waals surface area contributed by atoms with E-state index in [2.05, 4.69) is 57.5 Å². The van der Waals surface area contributed by atoms with Crippen molar-refractivity contribution in [2.75, 3.05) is 13.1 Å². The SMILES string of the molecule is Cc1nonc1CC(=O)N1CCC[C@@H](c2[nH]c3c(C)cccc3c2-c2ccncc2)C1. The van der Waals surface area contributed by atoms with Crippen molar-refractivity contribution in [2.24, 2.45) is 0 Å². The molecule has 1 atom stereocenters. The molecule has 4 heterocycles. The zero-order chi connectivity index (χ0) is 21.4. The van der Waals surface area contributed by atoms with Crippen molar-refractivity contribution in [2.45, 2.75) is 39.0 Å². The predicted molar refractivity (Wildman–Crippen MR) is 118 cm³/mol. The lowest BCUT2D eigenvalue weighted by molar-refractivity contribution is -0.131. The summed E-state index contributed by atoms with van der Waals surface area (Å²) in [4.78, 5) is 22.8. The fourth-order valence-corrected chi connectivity index (χ4v) is 4.62. The van der Waals surface area contributed by atoms with Crippen LogP contribution in [0.3, 0.4) is 0 Å². The second-order valence-corrected chi connectivity index (χ2v) is 8.30. The topological polar surface area (TPSA) is 87.9 Å². The Morgan fingerprint density at radius 1 is 1.19 bits per heavy atom. The highest BCUT2D eigenvalue weighted by molar-refractivity contribution is 5.99. The van der Waals surface area contributed by atoms with Crippen LogP contribution in [0.25, 0.3) is 22.0 Å². The number of hydrogen-bond acceptors (Lipinski definition) is 5. The van der Waals surface area contributed by atoms with Crippen LogP contribution in [0.5, 0.6) is 0 Å². The number of piperidine rings is 1. The number of likely N-dealkylation sites (tertiary alicyclic amines) is 1. The Bertz CT molecular complexity index is 1230. The summed E-state index contributed by atoms with van der Waals surface area (Å²) in [6.45, 7) is 5.40. The minimum Gasteiger partial charge on any atom is -0.357 e. The second-order valence-electron chi connectivity index (χ2n) is 8.30. The molecule has 0 radical (unpaired) electrons.